The zero-order chi connectivity index (χ0) is 16.2. The Morgan fingerprint density at radius 2 is 2.04 bits per heavy atom. The molecule has 1 aromatic carbocycles. The molecule has 0 fully saturated rings. The van der Waals surface area contributed by atoms with Crippen molar-refractivity contribution in [3.05, 3.63) is 66.1 Å². The first kappa shape index (κ1) is 14.4. The van der Waals surface area contributed by atoms with Gasteiger partial charge in [0.1, 0.15) is 11.8 Å². The number of carboxylic acids is 1. The molecule has 0 unspecified atom stereocenters. The monoisotopic (exact) mass is 304 g/mol. The summed E-state index contributed by atoms with van der Waals surface area (Å²) >= 11 is 0. The van der Waals surface area contributed by atoms with E-state index in [2.05, 4.69) is 5.10 Å². The van der Waals surface area contributed by atoms with E-state index in [1.54, 1.807) is 29.1 Å². The Bertz CT molecular complexity index is 900. The van der Waals surface area contributed by atoms with Crippen molar-refractivity contribution in [1.82, 2.24) is 9.78 Å². The van der Waals surface area contributed by atoms with E-state index in [0.29, 0.717) is 17.0 Å². The van der Waals surface area contributed by atoms with E-state index >= 15 is 0 Å². The molecule has 112 valence electrons. The molecular formula is C17H10N3O3-. The molecule has 0 aliphatic carbocycles. The summed E-state index contributed by atoms with van der Waals surface area (Å²) in [5.74, 6) is -1.06. The molecule has 0 radical (unpaired) electrons. The van der Waals surface area contributed by atoms with E-state index < -0.39 is 11.5 Å². The maximum absolute atomic E-state index is 11.0. The summed E-state index contributed by atoms with van der Waals surface area (Å²) in [5, 5.41) is 24.3. The van der Waals surface area contributed by atoms with Crippen LogP contribution in [0.2, 0.25) is 0 Å². The number of para-hydroxylation sites is 1. The van der Waals surface area contributed by atoms with Gasteiger partial charge in [-0.2, -0.15) is 10.4 Å². The zero-order valence-corrected chi connectivity index (χ0v) is 11.8. The van der Waals surface area contributed by atoms with Gasteiger partial charge in [0.2, 0.25) is 0 Å². The van der Waals surface area contributed by atoms with E-state index in [1.165, 1.54) is 12.3 Å². The summed E-state index contributed by atoms with van der Waals surface area (Å²) < 4.78 is 6.93. The average molecular weight is 304 g/mol. The van der Waals surface area contributed by atoms with Crippen LogP contribution in [0.1, 0.15) is 5.56 Å². The fourth-order valence-electron chi connectivity index (χ4n) is 2.10. The van der Waals surface area contributed by atoms with Crippen LogP contribution in [-0.4, -0.2) is 15.7 Å². The predicted molar refractivity (Wildman–Crippen MR) is 79.9 cm³/mol. The van der Waals surface area contributed by atoms with Gasteiger partial charge in [-0.05, 0) is 30.3 Å². The van der Waals surface area contributed by atoms with Crippen molar-refractivity contribution >= 4 is 12.0 Å². The number of hydrogen-bond acceptors (Lipinski definition) is 5. The third-order valence-electron chi connectivity index (χ3n) is 3.16. The summed E-state index contributed by atoms with van der Waals surface area (Å²) in [7, 11) is 0. The van der Waals surface area contributed by atoms with Crippen LogP contribution in [0.25, 0.3) is 23.2 Å². The number of carboxylic acid groups (broad SMARTS) is 1. The van der Waals surface area contributed by atoms with Crippen molar-refractivity contribution in [1.29, 1.82) is 5.26 Å². The molecule has 6 nitrogen and oxygen atoms in total. The van der Waals surface area contributed by atoms with E-state index in [9.17, 15) is 9.90 Å². The van der Waals surface area contributed by atoms with Crippen LogP contribution in [-0.2, 0) is 4.79 Å². The van der Waals surface area contributed by atoms with Gasteiger partial charge in [0.25, 0.3) is 0 Å². The molecule has 0 saturated carbocycles. The number of carbonyl (C=O) groups is 1. The van der Waals surface area contributed by atoms with Crippen molar-refractivity contribution in [2.75, 3.05) is 0 Å². The van der Waals surface area contributed by atoms with Crippen LogP contribution >= 0.6 is 0 Å². The Kier molecular flexibility index (Phi) is 3.77. The largest absolute Gasteiger partial charge is 0.544 e. The maximum atomic E-state index is 11.0. The molecule has 0 bridgehead atoms. The highest BCUT2D eigenvalue weighted by Crippen LogP contribution is 2.26. The Morgan fingerprint density at radius 3 is 2.65 bits per heavy atom. The molecule has 0 saturated heterocycles. The molecule has 0 aliphatic rings. The number of aromatic nitrogens is 2. The second-order valence-corrected chi connectivity index (χ2v) is 4.65. The first-order chi connectivity index (χ1) is 11.2. The van der Waals surface area contributed by atoms with Gasteiger partial charge >= 0.3 is 0 Å². The van der Waals surface area contributed by atoms with Crippen LogP contribution in [0.4, 0.5) is 0 Å². The fraction of sp³-hybridized carbons (Fsp3) is 0. The van der Waals surface area contributed by atoms with Gasteiger partial charge < -0.3 is 14.3 Å². The van der Waals surface area contributed by atoms with Crippen LogP contribution in [0.3, 0.4) is 0 Å². The predicted octanol–water partition coefficient (Wildman–Crippen LogP) is 1.79. The first-order valence-corrected chi connectivity index (χ1v) is 6.71. The van der Waals surface area contributed by atoms with Crippen molar-refractivity contribution in [3.8, 4) is 23.2 Å². The summed E-state index contributed by atoms with van der Waals surface area (Å²) in [6.07, 6.45) is 4.35. The smallest absolute Gasteiger partial charge is 0.154 e. The molecule has 2 aromatic heterocycles. The molecule has 0 atom stereocenters. The standard InChI is InChI=1S/C17H11N3O3/c18-10-12(17(21)22)9-13-11-20(14-5-2-1-3-6-14)19-16(13)15-7-4-8-23-15/h1-9,11H,(H,21,22)/p-1/b12-9+. The Labute approximate surface area is 131 Å². The summed E-state index contributed by atoms with van der Waals surface area (Å²) in [6, 6.07) is 14.3. The quantitative estimate of drug-likeness (QED) is 0.541. The van der Waals surface area contributed by atoms with Gasteiger partial charge in [0.05, 0.1) is 23.5 Å². The Morgan fingerprint density at radius 1 is 1.26 bits per heavy atom. The molecule has 0 N–H and O–H groups in total. The molecule has 2 heterocycles. The van der Waals surface area contributed by atoms with E-state index in [1.807, 2.05) is 30.3 Å². The van der Waals surface area contributed by atoms with Crippen LogP contribution in [0, 0.1) is 11.3 Å². The van der Waals surface area contributed by atoms with Crippen molar-refractivity contribution in [3.63, 3.8) is 0 Å². The van der Waals surface area contributed by atoms with Gasteiger partial charge in [-0.1, -0.05) is 18.2 Å². The normalized spacial score (nSPS) is 11.2. The third-order valence-corrected chi connectivity index (χ3v) is 3.16. The third kappa shape index (κ3) is 2.89. The highest BCUT2D eigenvalue weighted by Gasteiger charge is 2.14. The summed E-state index contributed by atoms with van der Waals surface area (Å²) in [6.45, 7) is 0. The summed E-state index contributed by atoms with van der Waals surface area (Å²) in [5.41, 5.74) is 1.20. The van der Waals surface area contributed by atoms with E-state index in [4.69, 9.17) is 9.68 Å². The van der Waals surface area contributed by atoms with Crippen molar-refractivity contribution < 1.29 is 14.3 Å². The first-order valence-electron chi connectivity index (χ1n) is 6.71. The Balaban J connectivity index is 2.16. The van der Waals surface area contributed by atoms with Crippen molar-refractivity contribution in [2.45, 2.75) is 0 Å². The number of aliphatic carboxylic acids is 1. The van der Waals surface area contributed by atoms with Crippen molar-refractivity contribution in [2.24, 2.45) is 0 Å². The van der Waals surface area contributed by atoms with Crippen LogP contribution in [0.15, 0.2) is 64.9 Å². The summed E-state index contributed by atoms with van der Waals surface area (Å²) in [4.78, 5) is 11.0. The SMILES string of the molecule is N#C/C(=C\c1cn(-c2ccccc2)nc1-c1ccco1)C(=O)[O-]. The number of hydrogen-bond donors (Lipinski definition) is 0. The highest BCUT2D eigenvalue weighted by molar-refractivity contribution is 5.96. The number of benzene rings is 1. The minimum Gasteiger partial charge on any atom is -0.544 e. The van der Waals surface area contributed by atoms with Gasteiger partial charge in [-0.15, -0.1) is 0 Å². The lowest BCUT2D eigenvalue weighted by Gasteiger charge is -1.98. The molecule has 23 heavy (non-hydrogen) atoms. The van der Waals surface area contributed by atoms with Gasteiger partial charge in [-0.25, -0.2) is 4.68 Å². The topological polar surface area (TPSA) is 94.9 Å². The van der Waals surface area contributed by atoms with Crippen LogP contribution < -0.4 is 5.11 Å². The van der Waals surface area contributed by atoms with E-state index in [0.717, 1.165) is 5.69 Å². The minimum absolute atomic E-state index is 0.438. The molecule has 3 aromatic rings. The lowest BCUT2D eigenvalue weighted by atomic mass is 10.1. The highest BCUT2D eigenvalue weighted by atomic mass is 16.4. The zero-order valence-electron chi connectivity index (χ0n) is 11.8. The lowest BCUT2D eigenvalue weighted by Crippen LogP contribution is -2.23. The molecule has 0 aliphatic heterocycles. The number of furan rings is 1. The Hall–Kier alpha value is -3.59. The molecule has 3 rings (SSSR count). The minimum atomic E-state index is -1.54. The molecule has 0 amide bonds. The molecular weight excluding hydrogens is 294 g/mol. The van der Waals surface area contributed by atoms with Gasteiger partial charge in [-0.3, -0.25) is 0 Å². The lowest BCUT2D eigenvalue weighted by molar-refractivity contribution is -0.298. The van der Waals surface area contributed by atoms with Crippen LogP contribution in [0.5, 0.6) is 0 Å². The van der Waals surface area contributed by atoms with Gasteiger partial charge in [0.15, 0.2) is 5.76 Å². The molecule has 6 heteroatoms. The number of nitrogens with zero attached hydrogens (tertiary/aromatic N) is 3. The number of nitriles is 1. The molecule has 0 spiro atoms. The second-order valence-electron chi connectivity index (χ2n) is 4.65. The van der Waals surface area contributed by atoms with E-state index in [-0.39, 0.29) is 0 Å². The number of rotatable bonds is 4. The maximum Gasteiger partial charge on any atom is 0.154 e. The van der Waals surface area contributed by atoms with Gasteiger partial charge in [0, 0.05) is 11.8 Å². The average Bonchev–Trinajstić information content (AvgIpc) is 3.22. The number of carbonyl (C=O) groups excluding carboxylic acids is 1. The second kappa shape index (κ2) is 6.03. The fourth-order valence-corrected chi connectivity index (χ4v) is 2.10.